The highest BCUT2D eigenvalue weighted by molar-refractivity contribution is 6.29. The van der Waals surface area contributed by atoms with E-state index in [-0.39, 0.29) is 6.61 Å². The lowest BCUT2D eigenvalue weighted by Gasteiger charge is -2.36. The highest BCUT2D eigenvalue weighted by Crippen LogP contribution is 2.26. The molecular weight excluding hydrogens is 226 g/mol. The Bertz CT molecular complexity index is 349. The Labute approximate surface area is 101 Å². The Morgan fingerprint density at radius 3 is 2.81 bits per heavy atom. The highest BCUT2D eigenvalue weighted by atomic mass is 35.5. The summed E-state index contributed by atoms with van der Waals surface area (Å²) in [6.07, 6.45) is 5.44. The molecule has 1 fully saturated rings. The Morgan fingerprint density at radius 1 is 1.62 bits per heavy atom. The van der Waals surface area contributed by atoms with Crippen molar-refractivity contribution in [2.45, 2.75) is 31.8 Å². The lowest BCUT2D eigenvalue weighted by molar-refractivity contribution is 0.0912. The molecule has 1 aliphatic rings. The highest BCUT2D eigenvalue weighted by Gasteiger charge is 2.25. The second-order valence-electron chi connectivity index (χ2n) is 4.33. The predicted octanol–water partition coefficient (Wildman–Crippen LogP) is 1.42. The molecule has 0 aliphatic heterocycles. The fraction of sp³-hybridized carbons (Fsp3) is 0.727. The monoisotopic (exact) mass is 243 g/mol. The first-order chi connectivity index (χ1) is 7.72. The van der Waals surface area contributed by atoms with Crippen LogP contribution in [0.5, 0.6) is 0 Å². The number of aromatic nitrogens is 2. The molecular formula is C11H18ClN3O. The van der Waals surface area contributed by atoms with Gasteiger partial charge < -0.3 is 9.67 Å². The van der Waals surface area contributed by atoms with Crippen LogP contribution in [0.25, 0.3) is 0 Å². The Kier molecular flexibility index (Phi) is 3.84. The first-order valence-corrected chi connectivity index (χ1v) is 6.11. The molecule has 0 atom stereocenters. The number of nitrogens with zero attached hydrogens (tertiary/aromatic N) is 3. The van der Waals surface area contributed by atoms with Crippen molar-refractivity contribution in [1.82, 2.24) is 14.5 Å². The van der Waals surface area contributed by atoms with Gasteiger partial charge in [-0.2, -0.15) is 0 Å². The third-order valence-corrected chi connectivity index (χ3v) is 3.70. The van der Waals surface area contributed by atoms with E-state index in [4.69, 9.17) is 16.7 Å². The van der Waals surface area contributed by atoms with Gasteiger partial charge in [0, 0.05) is 19.6 Å². The fourth-order valence-electron chi connectivity index (χ4n) is 2.02. The van der Waals surface area contributed by atoms with Crippen LogP contribution in [0.1, 0.15) is 25.1 Å². The summed E-state index contributed by atoms with van der Waals surface area (Å²) in [5, 5.41) is 9.72. The molecule has 4 nitrogen and oxygen atoms in total. The topological polar surface area (TPSA) is 41.3 Å². The zero-order valence-corrected chi connectivity index (χ0v) is 10.3. The average Bonchev–Trinajstić information content (AvgIpc) is 2.47. The number of aliphatic hydroxyl groups is 1. The van der Waals surface area contributed by atoms with Gasteiger partial charge >= 0.3 is 0 Å². The van der Waals surface area contributed by atoms with Crippen LogP contribution in [0.15, 0.2) is 6.20 Å². The smallest absolute Gasteiger partial charge is 0.128 e. The largest absolute Gasteiger partial charge is 0.395 e. The van der Waals surface area contributed by atoms with Crippen molar-refractivity contribution >= 4 is 11.6 Å². The maximum absolute atomic E-state index is 9.06. The molecule has 2 rings (SSSR count). The third-order valence-electron chi connectivity index (χ3n) is 3.35. The van der Waals surface area contributed by atoms with Gasteiger partial charge in [-0.05, 0) is 12.8 Å². The van der Waals surface area contributed by atoms with Crippen molar-refractivity contribution in [1.29, 1.82) is 0 Å². The summed E-state index contributed by atoms with van der Waals surface area (Å²) in [4.78, 5) is 6.58. The molecule has 0 unspecified atom stereocenters. The molecule has 0 aromatic carbocycles. The third kappa shape index (κ3) is 2.39. The Hall–Kier alpha value is -0.580. The van der Waals surface area contributed by atoms with E-state index in [0.29, 0.717) is 11.2 Å². The molecule has 1 aliphatic carbocycles. The van der Waals surface area contributed by atoms with Crippen LogP contribution in [0.2, 0.25) is 5.15 Å². The van der Waals surface area contributed by atoms with Crippen LogP contribution in [0.4, 0.5) is 0 Å². The van der Waals surface area contributed by atoms with E-state index < -0.39 is 0 Å². The summed E-state index contributed by atoms with van der Waals surface area (Å²) in [7, 11) is 1.92. The number of hydrogen-bond acceptors (Lipinski definition) is 3. The number of aliphatic hydroxyl groups excluding tert-OH is 1. The Morgan fingerprint density at radius 2 is 2.38 bits per heavy atom. The van der Waals surface area contributed by atoms with Crippen molar-refractivity contribution in [3.8, 4) is 0 Å². The SMILES string of the molecule is Cn1c(Cl)cnc1CN(CCO)C1CCC1. The summed E-state index contributed by atoms with van der Waals surface area (Å²) < 4.78 is 1.89. The standard InChI is InChI=1S/C11H18ClN3O/c1-14-10(12)7-13-11(14)8-15(5-6-16)9-3-2-4-9/h7,9,16H,2-6,8H2,1H3. The lowest BCUT2D eigenvalue weighted by Crippen LogP contribution is -2.41. The van der Waals surface area contributed by atoms with Gasteiger partial charge in [-0.1, -0.05) is 18.0 Å². The van der Waals surface area contributed by atoms with Crippen molar-refractivity contribution in [3.63, 3.8) is 0 Å². The molecule has 1 saturated carbocycles. The molecule has 1 heterocycles. The fourth-order valence-corrected chi connectivity index (χ4v) is 2.17. The van der Waals surface area contributed by atoms with Crippen LogP contribution < -0.4 is 0 Å². The quantitative estimate of drug-likeness (QED) is 0.851. The van der Waals surface area contributed by atoms with Crippen LogP contribution in [-0.4, -0.2) is 38.8 Å². The molecule has 0 saturated heterocycles. The summed E-state index contributed by atoms with van der Waals surface area (Å²) in [6.45, 7) is 1.69. The molecule has 0 spiro atoms. The van der Waals surface area contributed by atoms with E-state index >= 15 is 0 Å². The normalized spacial score (nSPS) is 16.8. The molecule has 0 radical (unpaired) electrons. The van der Waals surface area contributed by atoms with Crippen molar-refractivity contribution < 1.29 is 5.11 Å². The predicted molar refractivity (Wildman–Crippen MR) is 63.4 cm³/mol. The minimum absolute atomic E-state index is 0.203. The Balaban J connectivity index is 2.01. The number of halogens is 1. The van der Waals surface area contributed by atoms with Crippen LogP contribution in [0, 0.1) is 0 Å². The zero-order chi connectivity index (χ0) is 11.5. The first kappa shape index (κ1) is 11.9. The van der Waals surface area contributed by atoms with E-state index in [1.54, 1.807) is 6.20 Å². The number of hydrogen-bond donors (Lipinski definition) is 1. The van der Waals surface area contributed by atoms with Gasteiger partial charge in [0.1, 0.15) is 11.0 Å². The number of rotatable bonds is 5. The first-order valence-electron chi connectivity index (χ1n) is 5.73. The summed E-state index contributed by atoms with van der Waals surface area (Å²) in [6, 6.07) is 0.614. The molecule has 90 valence electrons. The lowest BCUT2D eigenvalue weighted by atomic mass is 9.91. The van der Waals surface area contributed by atoms with E-state index in [9.17, 15) is 0 Å². The molecule has 1 aromatic heterocycles. The second-order valence-corrected chi connectivity index (χ2v) is 4.72. The average molecular weight is 244 g/mol. The van der Waals surface area contributed by atoms with Crippen LogP contribution in [-0.2, 0) is 13.6 Å². The van der Waals surface area contributed by atoms with E-state index in [1.807, 2.05) is 11.6 Å². The second kappa shape index (κ2) is 5.17. The van der Waals surface area contributed by atoms with Gasteiger partial charge in [0.2, 0.25) is 0 Å². The van der Waals surface area contributed by atoms with E-state index in [2.05, 4.69) is 9.88 Å². The van der Waals surface area contributed by atoms with E-state index in [1.165, 1.54) is 19.3 Å². The number of imidazole rings is 1. The van der Waals surface area contributed by atoms with E-state index in [0.717, 1.165) is 18.9 Å². The van der Waals surface area contributed by atoms with Crippen LogP contribution in [0.3, 0.4) is 0 Å². The van der Waals surface area contributed by atoms with Gasteiger partial charge in [0.15, 0.2) is 0 Å². The van der Waals surface area contributed by atoms with Gasteiger partial charge in [0.25, 0.3) is 0 Å². The van der Waals surface area contributed by atoms with Crippen molar-refractivity contribution in [3.05, 3.63) is 17.2 Å². The van der Waals surface area contributed by atoms with Gasteiger partial charge in [-0.15, -0.1) is 0 Å². The van der Waals surface area contributed by atoms with Crippen molar-refractivity contribution in [2.75, 3.05) is 13.2 Å². The maximum Gasteiger partial charge on any atom is 0.128 e. The minimum Gasteiger partial charge on any atom is -0.395 e. The molecule has 0 amide bonds. The molecule has 5 heteroatoms. The minimum atomic E-state index is 0.203. The van der Waals surface area contributed by atoms with Gasteiger partial charge in [0.05, 0.1) is 19.3 Å². The maximum atomic E-state index is 9.06. The van der Waals surface area contributed by atoms with Crippen molar-refractivity contribution in [2.24, 2.45) is 7.05 Å². The van der Waals surface area contributed by atoms with Gasteiger partial charge in [-0.3, -0.25) is 4.90 Å². The van der Waals surface area contributed by atoms with Crippen LogP contribution >= 0.6 is 11.6 Å². The molecule has 1 N–H and O–H groups in total. The molecule has 16 heavy (non-hydrogen) atoms. The summed E-state index contributed by atoms with van der Waals surface area (Å²) >= 11 is 5.95. The summed E-state index contributed by atoms with van der Waals surface area (Å²) in [5.41, 5.74) is 0. The van der Waals surface area contributed by atoms with Gasteiger partial charge in [-0.25, -0.2) is 4.98 Å². The molecule has 0 bridgehead atoms. The summed E-state index contributed by atoms with van der Waals surface area (Å²) in [5.74, 6) is 0.963. The molecule has 1 aromatic rings. The zero-order valence-electron chi connectivity index (χ0n) is 9.56.